The first-order chi connectivity index (χ1) is 7.74. The molecule has 1 aromatic rings. The number of anilines is 1. The molecule has 0 aromatic carbocycles. The SMILES string of the molecule is Nc1nc(Cl)nc(CCC2CCCCO2)n1. The standard InChI is InChI=1S/C10H15ClN4O/c11-9-13-8(14-10(12)15-9)5-4-7-3-1-2-6-16-7/h7H,1-6H2,(H2,12,13,14,15). The molecule has 0 amide bonds. The Morgan fingerprint density at radius 3 is 2.88 bits per heavy atom. The highest BCUT2D eigenvalue weighted by Gasteiger charge is 2.14. The lowest BCUT2D eigenvalue weighted by molar-refractivity contribution is 0.0112. The van der Waals surface area contributed by atoms with E-state index in [4.69, 9.17) is 22.1 Å². The van der Waals surface area contributed by atoms with E-state index in [1.165, 1.54) is 12.8 Å². The Balaban J connectivity index is 1.88. The van der Waals surface area contributed by atoms with Gasteiger partial charge in [-0.05, 0) is 37.3 Å². The van der Waals surface area contributed by atoms with Gasteiger partial charge in [0.2, 0.25) is 11.2 Å². The number of rotatable bonds is 3. The van der Waals surface area contributed by atoms with Crippen molar-refractivity contribution in [3.8, 4) is 0 Å². The van der Waals surface area contributed by atoms with Crippen molar-refractivity contribution in [2.24, 2.45) is 0 Å². The normalized spacial score (nSPS) is 20.9. The summed E-state index contributed by atoms with van der Waals surface area (Å²) in [6.45, 7) is 0.866. The van der Waals surface area contributed by atoms with Crippen LogP contribution in [0.2, 0.25) is 5.28 Å². The van der Waals surface area contributed by atoms with Crippen LogP contribution in [0.1, 0.15) is 31.5 Å². The summed E-state index contributed by atoms with van der Waals surface area (Å²) >= 11 is 5.70. The monoisotopic (exact) mass is 242 g/mol. The van der Waals surface area contributed by atoms with Gasteiger partial charge in [-0.3, -0.25) is 0 Å². The van der Waals surface area contributed by atoms with Gasteiger partial charge in [0, 0.05) is 13.0 Å². The topological polar surface area (TPSA) is 73.9 Å². The molecule has 0 saturated carbocycles. The lowest BCUT2D eigenvalue weighted by atomic mass is 10.0. The Bertz CT molecular complexity index is 334. The predicted octanol–water partition coefficient (Wildman–Crippen LogP) is 1.61. The minimum atomic E-state index is 0.159. The molecule has 16 heavy (non-hydrogen) atoms. The number of aryl methyl sites for hydroxylation is 1. The summed E-state index contributed by atoms with van der Waals surface area (Å²) in [5.74, 6) is 0.825. The van der Waals surface area contributed by atoms with Gasteiger partial charge in [-0.1, -0.05) is 0 Å². The first-order valence-corrected chi connectivity index (χ1v) is 5.89. The van der Waals surface area contributed by atoms with Crippen LogP contribution in [0.25, 0.3) is 0 Å². The van der Waals surface area contributed by atoms with Crippen LogP contribution in [0, 0.1) is 0 Å². The molecule has 6 heteroatoms. The van der Waals surface area contributed by atoms with Crippen LogP contribution >= 0.6 is 11.6 Å². The highest BCUT2D eigenvalue weighted by atomic mass is 35.5. The number of nitrogens with zero attached hydrogens (tertiary/aromatic N) is 3. The molecule has 0 bridgehead atoms. The lowest BCUT2D eigenvalue weighted by Crippen LogP contribution is -2.20. The highest BCUT2D eigenvalue weighted by Crippen LogP contribution is 2.17. The van der Waals surface area contributed by atoms with Crippen LogP contribution in [0.3, 0.4) is 0 Å². The van der Waals surface area contributed by atoms with E-state index in [0.29, 0.717) is 11.9 Å². The molecule has 2 N–H and O–H groups in total. The third kappa shape index (κ3) is 3.28. The van der Waals surface area contributed by atoms with Crippen LogP contribution in [-0.2, 0) is 11.2 Å². The van der Waals surface area contributed by atoms with E-state index in [1.54, 1.807) is 0 Å². The molecular formula is C10H15ClN4O. The highest BCUT2D eigenvalue weighted by molar-refractivity contribution is 6.28. The summed E-state index contributed by atoms with van der Waals surface area (Å²) in [4.78, 5) is 11.8. The zero-order valence-corrected chi connectivity index (χ0v) is 9.78. The molecule has 0 aliphatic carbocycles. The number of halogens is 1. The maximum absolute atomic E-state index is 5.70. The van der Waals surface area contributed by atoms with Gasteiger partial charge >= 0.3 is 0 Å². The molecule has 1 atom stereocenters. The van der Waals surface area contributed by atoms with E-state index in [0.717, 1.165) is 25.9 Å². The van der Waals surface area contributed by atoms with Gasteiger partial charge in [0.05, 0.1) is 6.10 Å². The van der Waals surface area contributed by atoms with Crippen molar-refractivity contribution in [2.45, 2.75) is 38.2 Å². The van der Waals surface area contributed by atoms with Gasteiger partial charge in [-0.25, -0.2) is 4.98 Å². The maximum atomic E-state index is 5.70. The van der Waals surface area contributed by atoms with E-state index in [2.05, 4.69) is 15.0 Å². The number of hydrogen-bond acceptors (Lipinski definition) is 5. The Labute approximate surface area is 99.4 Å². The summed E-state index contributed by atoms with van der Waals surface area (Å²) in [6, 6.07) is 0. The maximum Gasteiger partial charge on any atom is 0.227 e. The fourth-order valence-corrected chi connectivity index (χ4v) is 2.03. The Hall–Kier alpha value is -0.940. The quantitative estimate of drug-likeness (QED) is 0.872. The number of nitrogens with two attached hydrogens (primary N) is 1. The second-order valence-corrected chi connectivity index (χ2v) is 4.24. The van der Waals surface area contributed by atoms with Gasteiger partial charge in [0.25, 0.3) is 0 Å². The summed E-state index contributed by atoms with van der Waals surface area (Å²) < 4.78 is 5.62. The first kappa shape index (κ1) is 11.5. The zero-order chi connectivity index (χ0) is 11.4. The molecule has 0 radical (unpaired) electrons. The van der Waals surface area contributed by atoms with Gasteiger partial charge < -0.3 is 10.5 Å². The zero-order valence-electron chi connectivity index (χ0n) is 9.03. The van der Waals surface area contributed by atoms with Crippen molar-refractivity contribution in [2.75, 3.05) is 12.3 Å². The third-order valence-corrected chi connectivity index (χ3v) is 2.80. The molecule has 1 unspecified atom stereocenters. The van der Waals surface area contributed by atoms with Crippen LogP contribution < -0.4 is 5.73 Å². The summed E-state index contributed by atoms with van der Waals surface area (Å²) in [7, 11) is 0. The molecule has 2 rings (SSSR count). The predicted molar refractivity (Wildman–Crippen MR) is 61.2 cm³/mol. The number of hydrogen-bond donors (Lipinski definition) is 1. The minimum Gasteiger partial charge on any atom is -0.378 e. The van der Waals surface area contributed by atoms with E-state index < -0.39 is 0 Å². The van der Waals surface area contributed by atoms with Gasteiger partial charge in [-0.2, -0.15) is 9.97 Å². The van der Waals surface area contributed by atoms with Crippen molar-refractivity contribution in [1.29, 1.82) is 0 Å². The Morgan fingerprint density at radius 2 is 2.19 bits per heavy atom. The summed E-state index contributed by atoms with van der Waals surface area (Å²) in [6.07, 6.45) is 5.50. The smallest absolute Gasteiger partial charge is 0.227 e. The fourth-order valence-electron chi connectivity index (χ4n) is 1.85. The van der Waals surface area contributed by atoms with Crippen molar-refractivity contribution in [3.05, 3.63) is 11.1 Å². The first-order valence-electron chi connectivity index (χ1n) is 5.51. The molecule has 1 saturated heterocycles. The summed E-state index contributed by atoms with van der Waals surface area (Å²) in [5.41, 5.74) is 5.49. The average Bonchev–Trinajstić information content (AvgIpc) is 2.27. The average molecular weight is 243 g/mol. The van der Waals surface area contributed by atoms with Gasteiger partial charge in [-0.15, -0.1) is 0 Å². The third-order valence-electron chi connectivity index (χ3n) is 2.64. The van der Waals surface area contributed by atoms with Crippen LogP contribution in [0.4, 0.5) is 5.95 Å². The largest absolute Gasteiger partial charge is 0.378 e. The molecule has 1 aliphatic rings. The molecule has 88 valence electrons. The van der Waals surface area contributed by atoms with Crippen molar-refractivity contribution in [3.63, 3.8) is 0 Å². The molecule has 1 aliphatic heterocycles. The van der Waals surface area contributed by atoms with E-state index in [1.807, 2.05) is 0 Å². The minimum absolute atomic E-state index is 0.159. The Morgan fingerprint density at radius 1 is 1.31 bits per heavy atom. The number of ether oxygens (including phenoxy) is 1. The fraction of sp³-hybridized carbons (Fsp3) is 0.700. The lowest BCUT2D eigenvalue weighted by Gasteiger charge is -2.22. The number of nitrogen functional groups attached to an aromatic ring is 1. The molecular weight excluding hydrogens is 228 g/mol. The van der Waals surface area contributed by atoms with Crippen LogP contribution in [-0.4, -0.2) is 27.7 Å². The van der Waals surface area contributed by atoms with Crippen LogP contribution in [0.15, 0.2) is 0 Å². The second kappa shape index (κ2) is 5.41. The Kier molecular flexibility index (Phi) is 3.90. The van der Waals surface area contributed by atoms with Crippen molar-refractivity contribution in [1.82, 2.24) is 15.0 Å². The van der Waals surface area contributed by atoms with E-state index in [-0.39, 0.29) is 11.2 Å². The van der Waals surface area contributed by atoms with Crippen LogP contribution in [0.5, 0.6) is 0 Å². The molecule has 5 nitrogen and oxygen atoms in total. The van der Waals surface area contributed by atoms with E-state index >= 15 is 0 Å². The van der Waals surface area contributed by atoms with Gasteiger partial charge in [0.15, 0.2) is 0 Å². The van der Waals surface area contributed by atoms with Gasteiger partial charge in [0.1, 0.15) is 5.82 Å². The van der Waals surface area contributed by atoms with Crippen molar-refractivity contribution < 1.29 is 4.74 Å². The second-order valence-electron chi connectivity index (χ2n) is 3.91. The summed E-state index contributed by atoms with van der Waals surface area (Å²) in [5, 5.41) is 0.159. The molecule has 2 heterocycles. The molecule has 1 aromatic heterocycles. The molecule has 0 spiro atoms. The number of aromatic nitrogens is 3. The molecule has 1 fully saturated rings. The van der Waals surface area contributed by atoms with Crippen molar-refractivity contribution >= 4 is 17.5 Å². The van der Waals surface area contributed by atoms with E-state index in [9.17, 15) is 0 Å².